The number of benzene rings is 2. The molecule has 1 amide bonds. The van der Waals surface area contributed by atoms with Crippen molar-refractivity contribution in [2.24, 2.45) is 5.10 Å². The Hall–Kier alpha value is -3.57. The Labute approximate surface area is 229 Å². The van der Waals surface area contributed by atoms with Crippen molar-refractivity contribution in [3.63, 3.8) is 0 Å². The molecule has 0 saturated carbocycles. The molecule has 0 saturated heterocycles. The van der Waals surface area contributed by atoms with E-state index in [0.29, 0.717) is 12.3 Å². The predicted molar refractivity (Wildman–Crippen MR) is 152 cm³/mol. The molecule has 0 fully saturated rings. The topological polar surface area (TPSA) is 80.2 Å². The molecular weight excluding hydrogens is 534 g/mol. The number of amides is 1. The van der Waals surface area contributed by atoms with E-state index in [-0.39, 0.29) is 25.5 Å². The zero-order valence-electron chi connectivity index (χ0n) is 22.2. The average molecular weight is 571 g/mol. The SMILES string of the molecule is C#C.CCC.CCOC(=O)CNC(=O)C1=C(OCc2ccccc2)c2ccc(Br)cc2CN1N=C(C)C. The van der Waals surface area contributed by atoms with Crippen LogP contribution in [0.25, 0.3) is 5.76 Å². The molecule has 0 aliphatic carbocycles. The second kappa shape index (κ2) is 17.0. The largest absolute Gasteiger partial charge is 0.486 e. The highest BCUT2D eigenvalue weighted by Crippen LogP contribution is 2.35. The van der Waals surface area contributed by atoms with Crippen molar-refractivity contribution < 1.29 is 19.1 Å². The summed E-state index contributed by atoms with van der Waals surface area (Å²) in [6.45, 7) is 10.4. The van der Waals surface area contributed by atoms with Crippen LogP contribution in [-0.2, 0) is 32.2 Å². The monoisotopic (exact) mass is 569 g/mol. The summed E-state index contributed by atoms with van der Waals surface area (Å²) in [6.07, 6.45) is 9.25. The van der Waals surface area contributed by atoms with Crippen molar-refractivity contribution in [1.29, 1.82) is 0 Å². The summed E-state index contributed by atoms with van der Waals surface area (Å²) in [5, 5.41) is 8.81. The molecule has 1 N–H and O–H groups in total. The van der Waals surface area contributed by atoms with Crippen LogP contribution in [0.3, 0.4) is 0 Å². The molecule has 0 unspecified atom stereocenters. The molecule has 0 aromatic heterocycles. The van der Waals surface area contributed by atoms with Gasteiger partial charge in [-0.1, -0.05) is 66.5 Å². The molecule has 0 atom stereocenters. The van der Waals surface area contributed by atoms with E-state index in [1.54, 1.807) is 11.9 Å². The number of hydrazone groups is 1. The number of ether oxygens (including phenoxy) is 2. The van der Waals surface area contributed by atoms with Crippen LogP contribution in [0, 0.1) is 12.8 Å². The van der Waals surface area contributed by atoms with Gasteiger partial charge in [0.05, 0.1) is 13.2 Å². The third kappa shape index (κ3) is 10.1. The number of carbonyl (C=O) groups excluding carboxylic acids is 2. The van der Waals surface area contributed by atoms with Crippen LogP contribution >= 0.6 is 15.9 Å². The minimum Gasteiger partial charge on any atom is -0.486 e. The van der Waals surface area contributed by atoms with Gasteiger partial charge in [0.1, 0.15) is 13.2 Å². The van der Waals surface area contributed by atoms with E-state index in [1.165, 1.54) is 6.42 Å². The number of hydrogen-bond donors (Lipinski definition) is 1. The molecular formula is C29H36BrN3O4. The van der Waals surface area contributed by atoms with E-state index >= 15 is 0 Å². The van der Waals surface area contributed by atoms with Gasteiger partial charge in [-0.2, -0.15) is 5.10 Å². The number of esters is 1. The van der Waals surface area contributed by atoms with Gasteiger partial charge in [0.15, 0.2) is 11.5 Å². The van der Waals surface area contributed by atoms with Gasteiger partial charge >= 0.3 is 5.97 Å². The highest BCUT2D eigenvalue weighted by Gasteiger charge is 2.31. The standard InChI is InChI=1S/C24H26BrN3O4.C3H8.C2H2/c1-4-31-21(29)13-26-24(30)22-23(32-15-17-8-6-5-7-9-17)20-11-10-19(25)12-18(20)14-28(22)27-16(2)3;1-3-2;1-2/h5-12H,4,13-15H2,1-3H3,(H,26,30);3H2,1-2H3;1-2H. The lowest BCUT2D eigenvalue weighted by Crippen LogP contribution is -2.38. The maximum atomic E-state index is 13.2. The van der Waals surface area contributed by atoms with E-state index < -0.39 is 11.9 Å². The Bertz CT molecular complexity index is 1110. The third-order valence-electron chi connectivity index (χ3n) is 4.57. The lowest BCUT2D eigenvalue weighted by atomic mass is 10.00. The first-order valence-corrected chi connectivity index (χ1v) is 12.9. The van der Waals surface area contributed by atoms with E-state index in [1.807, 2.05) is 62.4 Å². The number of fused-ring (bicyclic) bond motifs is 1. The Balaban J connectivity index is 0.00000127. The van der Waals surface area contributed by atoms with Crippen LogP contribution in [0.4, 0.5) is 0 Å². The summed E-state index contributed by atoms with van der Waals surface area (Å²) >= 11 is 3.51. The fourth-order valence-electron chi connectivity index (χ4n) is 3.27. The van der Waals surface area contributed by atoms with E-state index in [9.17, 15) is 9.59 Å². The molecule has 0 spiro atoms. The van der Waals surface area contributed by atoms with Crippen molar-refractivity contribution in [3.05, 3.63) is 75.4 Å². The van der Waals surface area contributed by atoms with Gasteiger partial charge in [-0.25, -0.2) is 0 Å². The van der Waals surface area contributed by atoms with E-state index in [2.05, 4.69) is 53.0 Å². The summed E-state index contributed by atoms with van der Waals surface area (Å²) in [5.41, 5.74) is 3.78. The number of rotatable bonds is 8. The van der Waals surface area contributed by atoms with Crippen LogP contribution in [-0.4, -0.2) is 35.7 Å². The van der Waals surface area contributed by atoms with Gasteiger partial charge in [-0.05, 0) is 50.1 Å². The normalized spacial score (nSPS) is 11.5. The van der Waals surface area contributed by atoms with E-state index in [0.717, 1.165) is 26.9 Å². The van der Waals surface area contributed by atoms with Gasteiger partial charge in [0.2, 0.25) is 0 Å². The van der Waals surface area contributed by atoms with Crippen LogP contribution in [0.2, 0.25) is 0 Å². The number of nitrogens with zero attached hydrogens (tertiary/aromatic N) is 2. The molecule has 3 rings (SSSR count). The first-order valence-electron chi connectivity index (χ1n) is 12.1. The zero-order chi connectivity index (χ0) is 27.8. The lowest BCUT2D eigenvalue weighted by molar-refractivity contribution is -0.143. The Morgan fingerprint density at radius 3 is 2.32 bits per heavy atom. The molecule has 2 aromatic carbocycles. The van der Waals surface area contributed by atoms with Crippen molar-refractivity contribution in [2.45, 2.75) is 54.2 Å². The van der Waals surface area contributed by atoms with Crippen LogP contribution < -0.4 is 5.32 Å². The van der Waals surface area contributed by atoms with Gasteiger partial charge < -0.3 is 14.8 Å². The van der Waals surface area contributed by atoms with Crippen LogP contribution in [0.15, 0.2) is 63.8 Å². The Morgan fingerprint density at radius 1 is 1.08 bits per heavy atom. The first-order chi connectivity index (χ1) is 17.8. The summed E-state index contributed by atoms with van der Waals surface area (Å²) in [5.74, 6) is -0.552. The first kappa shape index (κ1) is 31.5. The highest BCUT2D eigenvalue weighted by molar-refractivity contribution is 9.10. The third-order valence-corrected chi connectivity index (χ3v) is 5.06. The zero-order valence-corrected chi connectivity index (χ0v) is 23.8. The van der Waals surface area contributed by atoms with E-state index in [4.69, 9.17) is 9.47 Å². The smallest absolute Gasteiger partial charge is 0.325 e. The van der Waals surface area contributed by atoms with Crippen molar-refractivity contribution in [3.8, 4) is 12.8 Å². The predicted octanol–water partition coefficient (Wildman–Crippen LogP) is 5.89. The highest BCUT2D eigenvalue weighted by atomic mass is 79.9. The average Bonchev–Trinajstić information content (AvgIpc) is 2.87. The number of halogens is 1. The molecule has 1 aliphatic rings. The fourth-order valence-corrected chi connectivity index (χ4v) is 3.68. The summed E-state index contributed by atoms with van der Waals surface area (Å²) in [6, 6.07) is 15.5. The minimum atomic E-state index is -0.505. The van der Waals surface area contributed by atoms with Crippen LogP contribution in [0.5, 0.6) is 0 Å². The molecule has 1 heterocycles. The minimum absolute atomic E-state index is 0.238. The maximum Gasteiger partial charge on any atom is 0.325 e. The number of terminal acetylenes is 1. The molecule has 8 heteroatoms. The van der Waals surface area contributed by atoms with Gasteiger partial charge in [0, 0.05) is 15.7 Å². The molecule has 7 nitrogen and oxygen atoms in total. The van der Waals surface area contributed by atoms with Gasteiger partial charge in [0.25, 0.3) is 5.91 Å². The fraction of sp³-hybridized carbons (Fsp3) is 0.345. The summed E-state index contributed by atoms with van der Waals surface area (Å²) in [7, 11) is 0. The molecule has 2 aromatic rings. The summed E-state index contributed by atoms with van der Waals surface area (Å²) < 4.78 is 12.1. The lowest BCUT2D eigenvalue weighted by Gasteiger charge is -2.31. The molecule has 198 valence electrons. The molecule has 1 aliphatic heterocycles. The molecule has 37 heavy (non-hydrogen) atoms. The number of nitrogens with one attached hydrogen (secondary N) is 1. The van der Waals surface area contributed by atoms with Gasteiger partial charge in [-0.3, -0.25) is 14.6 Å². The van der Waals surface area contributed by atoms with Gasteiger partial charge in [-0.15, -0.1) is 12.8 Å². The van der Waals surface area contributed by atoms with Crippen molar-refractivity contribution in [2.75, 3.05) is 13.2 Å². The molecule has 0 radical (unpaired) electrons. The second-order valence-corrected chi connectivity index (χ2v) is 8.97. The second-order valence-electron chi connectivity index (χ2n) is 8.05. The van der Waals surface area contributed by atoms with Crippen molar-refractivity contribution in [1.82, 2.24) is 10.3 Å². The Morgan fingerprint density at radius 2 is 1.73 bits per heavy atom. The number of hydrogen-bond acceptors (Lipinski definition) is 6. The van der Waals surface area contributed by atoms with Crippen LogP contribution in [0.1, 0.15) is 57.7 Å². The number of carbonyl (C=O) groups is 2. The maximum absolute atomic E-state index is 13.2. The quantitative estimate of drug-likeness (QED) is 0.243. The Kier molecular flexibility index (Phi) is 14.4. The molecule has 0 bridgehead atoms. The summed E-state index contributed by atoms with van der Waals surface area (Å²) in [4.78, 5) is 25.0. The van der Waals surface area contributed by atoms with Crippen molar-refractivity contribution >= 4 is 39.3 Å².